The van der Waals surface area contributed by atoms with Crippen LogP contribution in [0, 0.1) is 6.92 Å². The number of hydrogen-bond donors (Lipinski definition) is 0. The summed E-state index contributed by atoms with van der Waals surface area (Å²) in [6, 6.07) is 12.4. The molecule has 0 unspecified atom stereocenters. The van der Waals surface area contributed by atoms with Crippen molar-refractivity contribution in [3.8, 4) is 5.75 Å². The summed E-state index contributed by atoms with van der Waals surface area (Å²) < 4.78 is 5.20. The molecule has 1 heteroatoms. The number of methoxy groups -OCH3 is 1. The Hall–Kier alpha value is -1.50. The Morgan fingerprint density at radius 2 is 1.67 bits per heavy atom. The molecule has 0 spiro atoms. The zero-order valence-electron chi connectivity index (χ0n) is 9.87. The Balaban J connectivity index is 0.000000531. The fourth-order valence-electron chi connectivity index (χ4n) is 1.59. The lowest BCUT2D eigenvalue weighted by molar-refractivity contribution is 0.415. The van der Waals surface area contributed by atoms with Crippen molar-refractivity contribution in [1.29, 1.82) is 0 Å². The maximum Gasteiger partial charge on any atom is 0.119 e. The van der Waals surface area contributed by atoms with Crippen LogP contribution in [0.1, 0.15) is 19.4 Å². The second kappa shape index (κ2) is 5.40. The number of rotatable bonds is 1. The molecule has 1 nitrogen and oxygen atoms in total. The lowest BCUT2D eigenvalue weighted by Gasteiger charge is -2.05. The van der Waals surface area contributed by atoms with Gasteiger partial charge in [-0.2, -0.15) is 0 Å². The van der Waals surface area contributed by atoms with Gasteiger partial charge in [0, 0.05) is 0 Å². The number of aryl methyl sites for hydroxylation is 1. The van der Waals surface area contributed by atoms with E-state index in [-0.39, 0.29) is 0 Å². The molecule has 0 fully saturated rings. The van der Waals surface area contributed by atoms with Crippen LogP contribution in [-0.4, -0.2) is 7.11 Å². The van der Waals surface area contributed by atoms with Gasteiger partial charge >= 0.3 is 0 Å². The first-order valence-electron chi connectivity index (χ1n) is 5.34. The normalized spacial score (nSPS) is 9.33. The van der Waals surface area contributed by atoms with Gasteiger partial charge in [0.2, 0.25) is 0 Å². The monoisotopic (exact) mass is 202 g/mol. The Morgan fingerprint density at radius 1 is 1.00 bits per heavy atom. The number of benzene rings is 2. The second-order valence-corrected chi connectivity index (χ2v) is 3.17. The van der Waals surface area contributed by atoms with Crippen LogP contribution in [0.15, 0.2) is 36.4 Å². The maximum absolute atomic E-state index is 5.20. The van der Waals surface area contributed by atoms with Gasteiger partial charge in [0.05, 0.1) is 7.11 Å². The van der Waals surface area contributed by atoms with Gasteiger partial charge in [0.15, 0.2) is 0 Å². The van der Waals surface area contributed by atoms with E-state index in [9.17, 15) is 0 Å². The highest BCUT2D eigenvalue weighted by molar-refractivity contribution is 5.86. The van der Waals surface area contributed by atoms with Crippen molar-refractivity contribution in [1.82, 2.24) is 0 Å². The van der Waals surface area contributed by atoms with E-state index in [4.69, 9.17) is 4.74 Å². The van der Waals surface area contributed by atoms with Crippen molar-refractivity contribution in [2.24, 2.45) is 0 Å². The summed E-state index contributed by atoms with van der Waals surface area (Å²) in [5, 5.41) is 2.53. The lowest BCUT2D eigenvalue weighted by atomic mass is 10.1. The van der Waals surface area contributed by atoms with Crippen LogP contribution < -0.4 is 4.74 Å². The second-order valence-electron chi connectivity index (χ2n) is 3.17. The molecule has 2 aromatic rings. The quantitative estimate of drug-likeness (QED) is 0.674. The molecule has 0 bridgehead atoms. The molecule has 15 heavy (non-hydrogen) atoms. The molecule has 0 aliphatic rings. The minimum atomic E-state index is 0.927. The average Bonchev–Trinajstić information content (AvgIpc) is 2.31. The highest BCUT2D eigenvalue weighted by Gasteiger charge is 1.98. The zero-order valence-corrected chi connectivity index (χ0v) is 9.87. The molecular formula is C14H18O. The van der Waals surface area contributed by atoms with Crippen molar-refractivity contribution in [2.45, 2.75) is 20.8 Å². The van der Waals surface area contributed by atoms with Crippen molar-refractivity contribution in [3.63, 3.8) is 0 Å². The molecule has 2 rings (SSSR count). The molecule has 80 valence electrons. The average molecular weight is 202 g/mol. The minimum Gasteiger partial charge on any atom is -0.497 e. The Bertz CT molecular complexity index is 432. The largest absolute Gasteiger partial charge is 0.497 e. The van der Waals surface area contributed by atoms with Crippen LogP contribution in [0.25, 0.3) is 10.8 Å². The topological polar surface area (TPSA) is 9.23 Å². The molecule has 0 N–H and O–H groups in total. The van der Waals surface area contributed by atoms with Gasteiger partial charge in [-0.05, 0) is 35.4 Å². The zero-order chi connectivity index (χ0) is 11.3. The van der Waals surface area contributed by atoms with Crippen molar-refractivity contribution >= 4 is 10.8 Å². The molecule has 0 heterocycles. The van der Waals surface area contributed by atoms with Gasteiger partial charge in [0.1, 0.15) is 5.75 Å². The number of hydrogen-bond acceptors (Lipinski definition) is 1. The van der Waals surface area contributed by atoms with Gasteiger partial charge in [-0.3, -0.25) is 0 Å². The van der Waals surface area contributed by atoms with Crippen LogP contribution >= 0.6 is 0 Å². The molecule has 0 amide bonds. The molecule has 0 aliphatic carbocycles. The lowest BCUT2D eigenvalue weighted by Crippen LogP contribution is -1.85. The summed E-state index contributed by atoms with van der Waals surface area (Å²) in [5.41, 5.74) is 1.26. The molecule has 0 atom stereocenters. The van der Waals surface area contributed by atoms with Crippen LogP contribution in [0.5, 0.6) is 5.75 Å². The van der Waals surface area contributed by atoms with Crippen LogP contribution in [0.4, 0.5) is 0 Å². The van der Waals surface area contributed by atoms with E-state index in [1.165, 1.54) is 16.3 Å². The third-order valence-electron chi connectivity index (χ3n) is 2.28. The third kappa shape index (κ3) is 2.50. The maximum atomic E-state index is 5.20. The first-order chi connectivity index (χ1) is 7.31. The molecule has 0 aliphatic heterocycles. The van der Waals surface area contributed by atoms with E-state index < -0.39 is 0 Å². The fraction of sp³-hybridized carbons (Fsp3) is 0.286. The van der Waals surface area contributed by atoms with Gasteiger partial charge in [0.25, 0.3) is 0 Å². The Kier molecular flexibility index (Phi) is 4.17. The van der Waals surface area contributed by atoms with Gasteiger partial charge < -0.3 is 4.74 Å². The van der Waals surface area contributed by atoms with Gasteiger partial charge in [-0.1, -0.05) is 38.1 Å². The summed E-state index contributed by atoms with van der Waals surface area (Å²) in [4.78, 5) is 0. The number of ether oxygens (including phenoxy) is 1. The third-order valence-corrected chi connectivity index (χ3v) is 2.28. The molecule has 0 saturated carbocycles. The van der Waals surface area contributed by atoms with Crippen molar-refractivity contribution in [2.75, 3.05) is 7.11 Å². The summed E-state index contributed by atoms with van der Waals surface area (Å²) in [6.45, 7) is 6.10. The summed E-state index contributed by atoms with van der Waals surface area (Å²) in [5.74, 6) is 0.927. The Morgan fingerprint density at radius 3 is 2.33 bits per heavy atom. The van der Waals surface area contributed by atoms with Crippen LogP contribution in [0.2, 0.25) is 0 Å². The minimum absolute atomic E-state index is 0.927. The van der Waals surface area contributed by atoms with Crippen LogP contribution in [-0.2, 0) is 0 Å². The first-order valence-corrected chi connectivity index (χ1v) is 5.34. The van der Waals surface area contributed by atoms with E-state index in [1.807, 2.05) is 19.9 Å². The van der Waals surface area contributed by atoms with E-state index in [2.05, 4.69) is 37.3 Å². The fourth-order valence-corrected chi connectivity index (χ4v) is 1.59. The van der Waals surface area contributed by atoms with Crippen molar-refractivity contribution in [3.05, 3.63) is 42.0 Å². The number of fused-ring (bicyclic) bond motifs is 1. The Labute approximate surface area is 91.7 Å². The summed E-state index contributed by atoms with van der Waals surface area (Å²) >= 11 is 0. The standard InChI is InChI=1S/C12H12O.C2H6/c1-9-7-11(13-2)8-10-5-3-4-6-12(9)10;1-2/h3-8H,1-2H3;1-2H3. The molecule has 0 radical (unpaired) electrons. The molecular weight excluding hydrogens is 184 g/mol. The van der Waals surface area contributed by atoms with Crippen LogP contribution in [0.3, 0.4) is 0 Å². The smallest absolute Gasteiger partial charge is 0.119 e. The predicted molar refractivity (Wildman–Crippen MR) is 66.6 cm³/mol. The molecule has 0 aromatic heterocycles. The van der Waals surface area contributed by atoms with E-state index in [1.54, 1.807) is 7.11 Å². The van der Waals surface area contributed by atoms with E-state index in [0.717, 1.165) is 5.75 Å². The molecule has 2 aromatic carbocycles. The van der Waals surface area contributed by atoms with Gasteiger partial charge in [-0.15, -0.1) is 0 Å². The van der Waals surface area contributed by atoms with Gasteiger partial charge in [-0.25, -0.2) is 0 Å². The summed E-state index contributed by atoms with van der Waals surface area (Å²) in [7, 11) is 1.70. The summed E-state index contributed by atoms with van der Waals surface area (Å²) in [6.07, 6.45) is 0. The van der Waals surface area contributed by atoms with E-state index >= 15 is 0 Å². The predicted octanol–water partition coefficient (Wildman–Crippen LogP) is 4.18. The highest BCUT2D eigenvalue weighted by atomic mass is 16.5. The SMILES string of the molecule is CC.COc1cc(C)c2ccccc2c1. The molecule has 0 saturated heterocycles. The first kappa shape index (κ1) is 11.6. The highest BCUT2D eigenvalue weighted by Crippen LogP contribution is 2.24. The van der Waals surface area contributed by atoms with E-state index in [0.29, 0.717) is 0 Å². The van der Waals surface area contributed by atoms with Crippen molar-refractivity contribution < 1.29 is 4.74 Å².